The van der Waals surface area contributed by atoms with Gasteiger partial charge in [-0.15, -0.1) is 0 Å². The Morgan fingerprint density at radius 2 is 0.581 bits per heavy atom. The second-order valence-electron chi connectivity index (χ2n) is 27.3. The van der Waals surface area contributed by atoms with Crippen molar-refractivity contribution in [2.75, 3.05) is 13.3 Å². The molecule has 0 aromatic carbocycles. The number of hydrogen-bond donors (Lipinski definition) is 0. The molecule has 0 heterocycles. The van der Waals surface area contributed by atoms with E-state index in [1.165, 1.54) is 72.1 Å². The molecule has 0 N–H and O–H groups in total. The maximum atomic E-state index is 11.7. The van der Waals surface area contributed by atoms with Crippen molar-refractivity contribution in [3.05, 3.63) is 0 Å². The molecule has 0 fully saturated rings. The van der Waals surface area contributed by atoms with Crippen LogP contribution in [0.15, 0.2) is 0 Å². The lowest BCUT2D eigenvalue weighted by Crippen LogP contribution is -2.19. The number of hydrogen-bond acceptors (Lipinski definition) is 0. The maximum Gasteiger partial charge on any atom is 0.391 e. The Labute approximate surface area is 531 Å². The topological polar surface area (TPSA) is 0 Å². The van der Waals surface area contributed by atoms with E-state index < -0.39 is 54.8 Å². The Kier molecular flexibility index (Phi) is 105. The van der Waals surface area contributed by atoms with Crippen molar-refractivity contribution in [1.82, 2.24) is 0 Å². The van der Waals surface area contributed by atoms with Gasteiger partial charge in [0.05, 0.1) is 25.2 Å². The molecule has 0 aromatic heterocycles. The van der Waals surface area contributed by atoms with E-state index in [2.05, 4.69) is 145 Å². The fourth-order valence-electron chi connectivity index (χ4n) is 4.03. The Morgan fingerprint density at radius 1 is 0.291 bits per heavy atom. The predicted octanol–water partition coefficient (Wildman–Crippen LogP) is 31.3. The lowest BCUT2D eigenvalue weighted by molar-refractivity contribution is -0.171. The molecule has 0 radical (unpaired) electrons. The SMILES string of the molecule is CCC(C)(C)C.CCC(C)C.CCC(C)C.CCC(C)C.CCC(C)C(F)(F)F.CCC(C)C(F)F.CCC(C)CF.CCCC(C)(C)C.CCCC(C)(F)F.CCCC(C)C.CCCC(C)C(F)(F)F.CCCC(C)C(F)F.CCCC(C)CF. The van der Waals surface area contributed by atoms with E-state index in [1.54, 1.807) is 34.6 Å². The highest BCUT2D eigenvalue weighted by Gasteiger charge is 2.35. The zero-order valence-electron chi connectivity index (χ0n) is 63.6. The standard InChI is InChI=1S/C7H16.C6H11F3.C6H12F2.C6H13F.2C6H14.C5H9F3.2C5H10F2.C5H11F.3C5H12/c1-5-6-7(2,3)4;1-3-4-5(2)6(7,8)9;1-3-4-5(2)6(7)8;1-3-4-6(2)5-7;1-5-6(2,3)4;1-4-5-6(2)3;1-3-4(2)5(6,7)8;1-3-4-5(2,6)7;1-3-4(2)5(6)7;1-3-5(2)4-6;3*1-4-5(2)3/h5-6H2,1-4H3;5H,3-4H2,1-2H3;5-6H,3-4H2,1-2H3;6H,3-5H2,1-2H3;5H2,1-4H3;6H,4-5H2,1-3H3;4H,3H2,1-2H3;3-4H2,1-2H3;4-5H,3H2,1-2H3;5H,3-4H2,1-2H3;3*5H,4H2,1-3H3. The van der Waals surface area contributed by atoms with Crippen molar-refractivity contribution < 1.29 is 61.5 Å². The Morgan fingerprint density at radius 3 is 0.616 bits per heavy atom. The quantitative estimate of drug-likeness (QED) is 0.101. The summed E-state index contributed by atoms with van der Waals surface area (Å²) in [5.74, 6) is -1.48. The molecule has 86 heavy (non-hydrogen) atoms. The van der Waals surface area contributed by atoms with E-state index in [9.17, 15) is 61.5 Å². The van der Waals surface area contributed by atoms with Gasteiger partial charge in [-0.25, -0.2) is 26.3 Å². The lowest BCUT2D eigenvalue weighted by Gasteiger charge is -2.15. The minimum absolute atomic E-state index is 0.00694. The molecular weight excluding hydrogens is 1130 g/mol. The molecule has 0 saturated carbocycles. The number of rotatable bonds is 21. The van der Waals surface area contributed by atoms with Crippen LogP contribution in [-0.4, -0.2) is 44.5 Å². The van der Waals surface area contributed by atoms with E-state index in [0.717, 1.165) is 56.3 Å². The molecule has 0 amide bonds. The van der Waals surface area contributed by atoms with Crippen LogP contribution in [0.2, 0.25) is 0 Å². The van der Waals surface area contributed by atoms with Crippen molar-refractivity contribution in [2.45, 2.75) is 389 Å². The molecule has 6 unspecified atom stereocenters. The first-order valence-electron chi connectivity index (χ1n) is 33.9. The summed E-state index contributed by atoms with van der Waals surface area (Å²) in [6, 6.07) is 0. The molecule has 14 heteroatoms. The summed E-state index contributed by atoms with van der Waals surface area (Å²) < 4.78 is 162. The Hall–Kier alpha value is -0.980. The smallest absolute Gasteiger partial charge is 0.251 e. The second kappa shape index (κ2) is 78.3. The van der Waals surface area contributed by atoms with Crippen molar-refractivity contribution >= 4 is 0 Å². The normalized spacial score (nSPS) is 13.0. The van der Waals surface area contributed by atoms with Gasteiger partial charge in [0, 0.05) is 18.3 Å². The molecule has 0 nitrogen and oxygen atoms in total. The Bertz CT molecular complexity index is 1080. The zero-order valence-corrected chi connectivity index (χ0v) is 63.6. The third kappa shape index (κ3) is 166. The first-order valence-corrected chi connectivity index (χ1v) is 33.9. The van der Waals surface area contributed by atoms with Gasteiger partial charge >= 0.3 is 12.4 Å². The van der Waals surface area contributed by atoms with Crippen molar-refractivity contribution in [2.24, 2.45) is 70.0 Å². The highest BCUT2D eigenvalue weighted by Crippen LogP contribution is 2.29. The van der Waals surface area contributed by atoms with Crippen LogP contribution < -0.4 is 0 Å². The molecule has 0 aliphatic carbocycles. The summed E-state index contributed by atoms with van der Waals surface area (Å²) in [5, 5.41) is 0. The van der Waals surface area contributed by atoms with Gasteiger partial charge < -0.3 is 0 Å². The summed E-state index contributed by atoms with van der Waals surface area (Å²) in [7, 11) is 0. The molecule has 0 aliphatic heterocycles. The molecule has 6 atom stereocenters. The highest BCUT2D eigenvalue weighted by molar-refractivity contribution is 4.61. The molecule has 0 rings (SSSR count). The summed E-state index contributed by atoms with van der Waals surface area (Å²) in [4.78, 5) is 0. The van der Waals surface area contributed by atoms with E-state index in [-0.39, 0.29) is 44.4 Å². The van der Waals surface area contributed by atoms with Crippen LogP contribution in [-0.2, 0) is 0 Å². The number of halogens is 14. The van der Waals surface area contributed by atoms with Gasteiger partial charge in [-0.3, -0.25) is 8.78 Å². The lowest BCUT2D eigenvalue weighted by atomic mass is 9.91. The summed E-state index contributed by atoms with van der Waals surface area (Å²) in [6.45, 7) is 67.4. The molecule has 0 bridgehead atoms. The maximum absolute atomic E-state index is 11.7. The third-order valence-electron chi connectivity index (χ3n) is 12.8. The van der Waals surface area contributed by atoms with E-state index >= 15 is 0 Å². The first-order chi connectivity index (χ1) is 38.7. The molecule has 0 saturated heterocycles. The van der Waals surface area contributed by atoms with Gasteiger partial charge in [0.2, 0.25) is 18.8 Å². The second-order valence-corrected chi connectivity index (χ2v) is 27.3. The van der Waals surface area contributed by atoms with E-state index in [4.69, 9.17) is 0 Å². The largest absolute Gasteiger partial charge is 0.391 e. The highest BCUT2D eigenvalue weighted by atomic mass is 19.4. The molecule has 542 valence electrons. The van der Waals surface area contributed by atoms with Gasteiger partial charge in [-0.05, 0) is 91.8 Å². The summed E-state index contributed by atoms with van der Waals surface area (Å²) in [5.41, 5.74) is 1.09. The monoisotopic (exact) mass is 1290 g/mol. The predicted molar refractivity (Wildman–Crippen MR) is 361 cm³/mol. The average molecular weight is 1290 g/mol. The van der Waals surface area contributed by atoms with Crippen molar-refractivity contribution in [3.8, 4) is 0 Å². The average Bonchev–Trinajstić information content (AvgIpc) is 3.38. The minimum Gasteiger partial charge on any atom is -0.251 e. The van der Waals surface area contributed by atoms with Crippen LogP contribution in [0.25, 0.3) is 0 Å². The van der Waals surface area contributed by atoms with Gasteiger partial charge in [-0.1, -0.05) is 306 Å². The van der Waals surface area contributed by atoms with Crippen LogP contribution in [0, 0.1) is 70.0 Å². The van der Waals surface area contributed by atoms with Gasteiger partial charge in [0.25, 0.3) is 0 Å². The van der Waals surface area contributed by atoms with Crippen LogP contribution in [0.5, 0.6) is 0 Å². The van der Waals surface area contributed by atoms with E-state index in [1.807, 2.05) is 27.7 Å². The van der Waals surface area contributed by atoms with Crippen LogP contribution >= 0.6 is 0 Å². The van der Waals surface area contributed by atoms with Crippen LogP contribution in [0.3, 0.4) is 0 Å². The minimum atomic E-state index is -3.99. The zero-order chi connectivity index (χ0) is 72.3. The van der Waals surface area contributed by atoms with Crippen LogP contribution in [0.4, 0.5) is 61.5 Å². The first kappa shape index (κ1) is 116. The van der Waals surface area contributed by atoms with Gasteiger partial charge in [-0.2, -0.15) is 26.3 Å². The van der Waals surface area contributed by atoms with Gasteiger partial charge in [0.15, 0.2) is 0 Å². The summed E-state index contributed by atoms with van der Waals surface area (Å²) in [6.07, 6.45) is 5.01. The van der Waals surface area contributed by atoms with Crippen LogP contribution in [0.1, 0.15) is 357 Å². The summed E-state index contributed by atoms with van der Waals surface area (Å²) >= 11 is 0. The van der Waals surface area contributed by atoms with Crippen molar-refractivity contribution in [1.29, 1.82) is 0 Å². The fourth-order valence-corrected chi connectivity index (χ4v) is 4.03. The molecular formula is C72H156F14. The van der Waals surface area contributed by atoms with E-state index in [0.29, 0.717) is 36.5 Å². The number of alkyl halides is 14. The fraction of sp³-hybridized carbons (Fsp3) is 1.00. The molecule has 0 aliphatic rings. The third-order valence-corrected chi connectivity index (χ3v) is 12.8. The van der Waals surface area contributed by atoms with Gasteiger partial charge in [0.1, 0.15) is 0 Å². The molecule has 0 aromatic rings. The Balaban J connectivity index is -0.0000000612. The van der Waals surface area contributed by atoms with Crippen molar-refractivity contribution in [3.63, 3.8) is 0 Å². The molecule has 0 spiro atoms.